The third kappa shape index (κ3) is 10.9. The van der Waals surface area contributed by atoms with E-state index in [1.54, 1.807) is 17.9 Å². The molecule has 236 valence electrons. The van der Waals surface area contributed by atoms with E-state index in [2.05, 4.69) is 10.5 Å². The van der Waals surface area contributed by atoms with Gasteiger partial charge in [-0.1, -0.05) is 35.0 Å². The Morgan fingerprint density at radius 1 is 1.21 bits per heavy atom. The fraction of sp³-hybridized carbons (Fsp3) is 0.548. The lowest BCUT2D eigenvalue weighted by Gasteiger charge is -2.26. The normalized spacial score (nSPS) is 20.6. The molecule has 0 spiro atoms. The Kier molecular flexibility index (Phi) is 13.8. The van der Waals surface area contributed by atoms with E-state index in [-0.39, 0.29) is 58.6 Å². The Balaban J connectivity index is 1.89. The predicted molar refractivity (Wildman–Crippen MR) is 163 cm³/mol. The Bertz CT molecular complexity index is 1210. The first-order valence-corrected chi connectivity index (χ1v) is 15.0. The Labute approximate surface area is 257 Å². The van der Waals surface area contributed by atoms with Gasteiger partial charge in [0.1, 0.15) is 23.2 Å². The molecule has 2 N–H and O–H groups in total. The zero-order valence-electron chi connectivity index (χ0n) is 25.1. The first kappa shape index (κ1) is 33.9. The van der Waals surface area contributed by atoms with Gasteiger partial charge >= 0.3 is 5.97 Å². The monoisotopic (exact) mass is 619 g/mol. The van der Waals surface area contributed by atoms with Gasteiger partial charge in [-0.25, -0.2) is 4.79 Å². The molecule has 11 nitrogen and oxygen atoms in total. The number of benzene rings is 1. The van der Waals surface area contributed by atoms with Crippen molar-refractivity contribution in [2.75, 3.05) is 40.0 Å². The minimum absolute atomic E-state index is 0.0190. The molecule has 1 aromatic carbocycles. The van der Waals surface area contributed by atoms with Gasteiger partial charge in [0.2, 0.25) is 5.91 Å². The SMILES string of the molecule is COc1cc(O)c(Cl)c2c1C(=O)OC(C)CC=CC(OCCCNC(C)=O)CC=CC(=NOCC(=O)N1CCCCC1)C2. The lowest BCUT2D eigenvalue weighted by Crippen LogP contribution is -2.37. The summed E-state index contributed by atoms with van der Waals surface area (Å²) in [6.45, 7) is 5.33. The zero-order valence-corrected chi connectivity index (χ0v) is 25.9. The van der Waals surface area contributed by atoms with Gasteiger partial charge in [-0.3, -0.25) is 9.59 Å². The van der Waals surface area contributed by atoms with Gasteiger partial charge in [0, 0.05) is 52.1 Å². The van der Waals surface area contributed by atoms with E-state index in [1.165, 1.54) is 20.1 Å². The number of fused-ring (bicyclic) bond motifs is 1. The molecule has 1 aromatic rings. The van der Waals surface area contributed by atoms with Crippen molar-refractivity contribution < 1.29 is 38.5 Å². The summed E-state index contributed by atoms with van der Waals surface area (Å²) < 4.78 is 17.1. The predicted octanol–water partition coefficient (Wildman–Crippen LogP) is 4.34. The molecule has 0 bridgehead atoms. The van der Waals surface area contributed by atoms with E-state index < -0.39 is 12.1 Å². The number of aromatic hydroxyl groups is 1. The lowest BCUT2D eigenvalue weighted by molar-refractivity contribution is -0.137. The van der Waals surface area contributed by atoms with Crippen LogP contribution in [-0.4, -0.2) is 85.7 Å². The number of carbonyl (C=O) groups is 3. The van der Waals surface area contributed by atoms with Crippen molar-refractivity contribution in [3.63, 3.8) is 0 Å². The van der Waals surface area contributed by atoms with Crippen LogP contribution in [0.3, 0.4) is 0 Å². The summed E-state index contributed by atoms with van der Waals surface area (Å²) in [4.78, 5) is 44.4. The third-order valence-electron chi connectivity index (χ3n) is 7.00. The smallest absolute Gasteiger partial charge is 0.342 e. The van der Waals surface area contributed by atoms with Gasteiger partial charge in [-0.15, -0.1) is 0 Å². The molecular formula is C31H42ClN3O8. The van der Waals surface area contributed by atoms with Crippen molar-refractivity contribution >= 4 is 35.1 Å². The highest BCUT2D eigenvalue weighted by Gasteiger charge is 2.26. The molecule has 2 amide bonds. The number of phenols is 1. The van der Waals surface area contributed by atoms with Crippen LogP contribution in [0.1, 0.15) is 68.3 Å². The number of likely N-dealkylation sites (tertiary alicyclic amines) is 1. The van der Waals surface area contributed by atoms with E-state index >= 15 is 0 Å². The first-order chi connectivity index (χ1) is 20.7. The second kappa shape index (κ2) is 17.5. The van der Waals surface area contributed by atoms with E-state index in [1.807, 2.05) is 18.2 Å². The summed E-state index contributed by atoms with van der Waals surface area (Å²) in [6, 6.07) is 1.27. The number of carbonyl (C=O) groups excluding carboxylic acids is 3. The number of hydrogen-bond donors (Lipinski definition) is 2. The second-order valence-electron chi connectivity index (χ2n) is 10.5. The topological polar surface area (TPSA) is 136 Å². The van der Waals surface area contributed by atoms with Crippen LogP contribution in [0.4, 0.5) is 0 Å². The Morgan fingerprint density at radius 2 is 1.98 bits per heavy atom. The molecule has 0 aromatic heterocycles. The molecule has 12 heteroatoms. The standard InChI is InChI=1S/C31H42ClN3O8/c1-21-10-7-12-24(41-17-9-14-33-22(2)36)13-8-11-23(34-42-20-28(38)35-15-5-4-6-16-35)18-25-29(31(39)43-21)27(40-3)19-26(37)30(25)32/h7-8,11-12,19,21,24,37H,4-6,9-10,13-18,20H2,1-3H3,(H,33,36). The zero-order chi connectivity index (χ0) is 31.2. The molecule has 2 heterocycles. The van der Waals surface area contributed by atoms with Gasteiger partial charge in [0.15, 0.2) is 6.61 Å². The maximum absolute atomic E-state index is 13.4. The summed E-state index contributed by atoms with van der Waals surface area (Å²) in [7, 11) is 1.38. The van der Waals surface area contributed by atoms with E-state index in [0.29, 0.717) is 51.2 Å². The highest BCUT2D eigenvalue weighted by atomic mass is 35.5. The highest BCUT2D eigenvalue weighted by Crippen LogP contribution is 2.38. The number of amides is 2. The molecule has 0 radical (unpaired) electrons. The van der Waals surface area contributed by atoms with Crippen molar-refractivity contribution in [2.24, 2.45) is 5.16 Å². The Hall–Kier alpha value is -3.57. The number of esters is 1. The summed E-state index contributed by atoms with van der Waals surface area (Å²) in [6.07, 6.45) is 11.2. The number of halogens is 1. The van der Waals surface area contributed by atoms with Gasteiger partial charge in [-0.2, -0.15) is 0 Å². The van der Waals surface area contributed by atoms with Crippen LogP contribution in [0.15, 0.2) is 35.5 Å². The number of allylic oxidation sites excluding steroid dienone is 1. The number of cyclic esters (lactones) is 1. The van der Waals surface area contributed by atoms with Crippen LogP contribution >= 0.6 is 11.6 Å². The molecule has 43 heavy (non-hydrogen) atoms. The number of ether oxygens (including phenoxy) is 3. The number of hydrogen-bond acceptors (Lipinski definition) is 9. The molecule has 1 fully saturated rings. The quantitative estimate of drug-likeness (QED) is 0.180. The third-order valence-corrected chi connectivity index (χ3v) is 7.42. The fourth-order valence-corrected chi connectivity index (χ4v) is 4.97. The van der Waals surface area contributed by atoms with E-state index in [9.17, 15) is 19.5 Å². The van der Waals surface area contributed by atoms with Crippen LogP contribution in [0, 0.1) is 0 Å². The van der Waals surface area contributed by atoms with E-state index in [0.717, 1.165) is 19.3 Å². The molecule has 2 aliphatic heterocycles. The maximum Gasteiger partial charge on any atom is 0.342 e. The molecular weight excluding hydrogens is 578 g/mol. The van der Waals surface area contributed by atoms with Crippen molar-refractivity contribution in [1.29, 1.82) is 0 Å². The van der Waals surface area contributed by atoms with E-state index in [4.69, 9.17) is 30.6 Å². The first-order valence-electron chi connectivity index (χ1n) is 14.6. The van der Waals surface area contributed by atoms with Crippen LogP contribution < -0.4 is 10.1 Å². The van der Waals surface area contributed by atoms with Gasteiger partial charge in [0.05, 0.1) is 23.9 Å². The number of oxime groups is 1. The van der Waals surface area contributed by atoms with Gasteiger partial charge in [-0.05, 0) is 50.7 Å². The molecule has 1 saturated heterocycles. The minimum Gasteiger partial charge on any atom is -0.506 e. The number of rotatable bonds is 9. The van der Waals surface area contributed by atoms with Crippen LogP contribution in [-0.2, 0) is 30.3 Å². The lowest BCUT2D eigenvalue weighted by atomic mass is 9.99. The molecule has 3 rings (SSSR count). The molecule has 2 aliphatic rings. The molecule has 2 unspecified atom stereocenters. The number of methoxy groups -OCH3 is 1. The Morgan fingerprint density at radius 3 is 2.70 bits per heavy atom. The van der Waals surface area contributed by atoms with Crippen molar-refractivity contribution in [3.8, 4) is 11.5 Å². The van der Waals surface area contributed by atoms with Crippen LogP contribution in [0.2, 0.25) is 5.02 Å². The average molecular weight is 620 g/mol. The van der Waals surface area contributed by atoms with Crippen molar-refractivity contribution in [1.82, 2.24) is 10.2 Å². The summed E-state index contributed by atoms with van der Waals surface area (Å²) in [5.74, 6) is -1.07. The van der Waals surface area contributed by atoms with Crippen LogP contribution in [0.25, 0.3) is 0 Å². The van der Waals surface area contributed by atoms with Crippen molar-refractivity contribution in [2.45, 2.75) is 71.0 Å². The molecule has 0 aliphatic carbocycles. The maximum atomic E-state index is 13.4. The molecule has 2 atom stereocenters. The number of nitrogens with zero attached hydrogens (tertiary/aromatic N) is 2. The summed E-state index contributed by atoms with van der Waals surface area (Å²) >= 11 is 6.52. The van der Waals surface area contributed by atoms with Crippen molar-refractivity contribution in [3.05, 3.63) is 46.5 Å². The summed E-state index contributed by atoms with van der Waals surface area (Å²) in [5.41, 5.74) is 0.682. The largest absolute Gasteiger partial charge is 0.506 e. The highest BCUT2D eigenvalue weighted by molar-refractivity contribution is 6.33. The fourth-order valence-electron chi connectivity index (χ4n) is 4.75. The average Bonchev–Trinajstić information content (AvgIpc) is 2.98. The number of nitrogens with one attached hydrogen (secondary N) is 1. The van der Waals surface area contributed by atoms with Gasteiger partial charge in [0.25, 0.3) is 5.91 Å². The molecule has 0 saturated carbocycles. The minimum atomic E-state index is -0.665. The van der Waals surface area contributed by atoms with Crippen LogP contribution in [0.5, 0.6) is 11.5 Å². The van der Waals surface area contributed by atoms with Gasteiger partial charge < -0.3 is 34.4 Å². The summed E-state index contributed by atoms with van der Waals surface area (Å²) in [5, 5.41) is 17.4. The number of phenolic OH excluding ortho intramolecular Hbond substituents is 1. The second-order valence-corrected chi connectivity index (χ2v) is 10.9. The number of piperidine rings is 1.